The number of amides is 1. The lowest BCUT2D eigenvalue weighted by molar-refractivity contribution is -0.132. The van der Waals surface area contributed by atoms with Gasteiger partial charge in [-0.2, -0.15) is 5.26 Å². The summed E-state index contributed by atoms with van der Waals surface area (Å²) in [6, 6.07) is 8.90. The van der Waals surface area contributed by atoms with Gasteiger partial charge in [0.2, 0.25) is 0 Å². The summed E-state index contributed by atoms with van der Waals surface area (Å²) in [6.07, 6.45) is 3.61. The van der Waals surface area contributed by atoms with Crippen LogP contribution in [0.3, 0.4) is 0 Å². The summed E-state index contributed by atoms with van der Waals surface area (Å²) in [7, 11) is 1.74. The van der Waals surface area contributed by atoms with E-state index in [0.29, 0.717) is 17.9 Å². The van der Waals surface area contributed by atoms with Crippen LogP contribution in [0.1, 0.15) is 18.4 Å². The van der Waals surface area contributed by atoms with Gasteiger partial charge >= 0.3 is 0 Å². The van der Waals surface area contributed by atoms with Gasteiger partial charge in [-0.05, 0) is 25.0 Å². The van der Waals surface area contributed by atoms with E-state index in [1.807, 2.05) is 12.1 Å². The quantitative estimate of drug-likeness (QED) is 0.557. The number of carbonyl (C=O) groups excluding carboxylic acids is 1. The van der Waals surface area contributed by atoms with Crippen molar-refractivity contribution in [1.82, 2.24) is 4.90 Å². The number of nitrogens with zero attached hydrogens (tertiary/aromatic N) is 2. The first-order valence-electron chi connectivity index (χ1n) is 6.15. The highest BCUT2D eigenvalue weighted by atomic mass is 16.5. The second-order valence-electron chi connectivity index (χ2n) is 4.14. The molecule has 0 aromatic heterocycles. The van der Waals surface area contributed by atoms with Gasteiger partial charge in [0, 0.05) is 13.6 Å². The summed E-state index contributed by atoms with van der Waals surface area (Å²) in [6.45, 7) is 4.26. The van der Waals surface area contributed by atoms with Crippen LogP contribution in [0.4, 0.5) is 0 Å². The normalized spacial score (nSPS) is 9.47. The molecule has 0 atom stereocenters. The molecule has 0 bridgehead atoms. The number of hydrogen-bond donors (Lipinski definition) is 0. The van der Waals surface area contributed by atoms with Crippen molar-refractivity contribution in [3.63, 3.8) is 0 Å². The molecule has 1 aromatic rings. The third-order valence-electron chi connectivity index (χ3n) is 2.69. The van der Waals surface area contributed by atoms with Crippen molar-refractivity contribution < 1.29 is 9.53 Å². The van der Waals surface area contributed by atoms with Crippen LogP contribution in [0.15, 0.2) is 36.9 Å². The zero-order chi connectivity index (χ0) is 14.1. The Morgan fingerprint density at radius 3 is 2.95 bits per heavy atom. The maximum atomic E-state index is 11.8. The number of allylic oxidation sites excluding steroid dienone is 1. The van der Waals surface area contributed by atoms with Crippen LogP contribution >= 0.6 is 0 Å². The number of rotatable bonds is 7. The lowest BCUT2D eigenvalue weighted by Gasteiger charge is -2.17. The summed E-state index contributed by atoms with van der Waals surface area (Å²) in [4.78, 5) is 13.4. The van der Waals surface area contributed by atoms with Gasteiger partial charge in [0.25, 0.3) is 5.91 Å². The lowest BCUT2D eigenvalue weighted by atomic mass is 10.2. The molecule has 0 unspecified atom stereocenters. The first kappa shape index (κ1) is 14.8. The fourth-order valence-electron chi connectivity index (χ4n) is 1.53. The number of unbranched alkanes of at least 4 members (excludes halogenated alkanes) is 1. The molecule has 0 heterocycles. The van der Waals surface area contributed by atoms with Crippen LogP contribution in [0, 0.1) is 11.3 Å². The van der Waals surface area contributed by atoms with E-state index in [2.05, 4.69) is 6.58 Å². The van der Waals surface area contributed by atoms with E-state index in [1.54, 1.807) is 36.2 Å². The highest BCUT2D eigenvalue weighted by Crippen LogP contribution is 2.16. The zero-order valence-electron chi connectivity index (χ0n) is 11.1. The fraction of sp³-hybridized carbons (Fsp3) is 0.333. The molecule has 4 nitrogen and oxygen atoms in total. The van der Waals surface area contributed by atoms with Gasteiger partial charge < -0.3 is 9.64 Å². The monoisotopic (exact) mass is 258 g/mol. The van der Waals surface area contributed by atoms with E-state index >= 15 is 0 Å². The number of nitriles is 1. The molecular weight excluding hydrogens is 240 g/mol. The average Bonchev–Trinajstić information content (AvgIpc) is 2.45. The SMILES string of the molecule is C=CCCCN(C)C(=O)COc1ccccc1C#N. The molecule has 4 heteroatoms. The number of benzene rings is 1. The van der Waals surface area contributed by atoms with Crippen molar-refractivity contribution in [3.8, 4) is 11.8 Å². The zero-order valence-corrected chi connectivity index (χ0v) is 11.1. The second kappa shape index (κ2) is 7.93. The number of carbonyl (C=O) groups is 1. The molecule has 0 radical (unpaired) electrons. The number of likely N-dealkylation sites (N-methyl/N-ethyl adjacent to an activating group) is 1. The molecule has 0 aliphatic heterocycles. The van der Waals surface area contributed by atoms with Crippen molar-refractivity contribution in [1.29, 1.82) is 5.26 Å². The molecule has 0 saturated carbocycles. The predicted octanol–water partition coefficient (Wildman–Crippen LogP) is 2.36. The van der Waals surface area contributed by atoms with Crippen molar-refractivity contribution >= 4 is 5.91 Å². The van der Waals surface area contributed by atoms with Gasteiger partial charge in [-0.15, -0.1) is 6.58 Å². The van der Waals surface area contributed by atoms with Gasteiger partial charge in [0.05, 0.1) is 5.56 Å². The minimum Gasteiger partial charge on any atom is -0.482 e. The maximum Gasteiger partial charge on any atom is 0.260 e. The smallest absolute Gasteiger partial charge is 0.260 e. The van der Waals surface area contributed by atoms with Gasteiger partial charge in [-0.25, -0.2) is 0 Å². The third-order valence-corrected chi connectivity index (χ3v) is 2.69. The predicted molar refractivity (Wildman–Crippen MR) is 73.7 cm³/mol. The third kappa shape index (κ3) is 4.84. The molecule has 100 valence electrons. The standard InChI is InChI=1S/C15H18N2O2/c1-3-4-7-10-17(2)15(18)12-19-14-9-6-5-8-13(14)11-16/h3,5-6,8-9H,1,4,7,10,12H2,2H3. The van der Waals surface area contributed by atoms with Gasteiger partial charge in [0.1, 0.15) is 11.8 Å². The summed E-state index contributed by atoms with van der Waals surface area (Å²) >= 11 is 0. The molecule has 0 saturated heterocycles. The van der Waals surface area contributed by atoms with Crippen LogP contribution in [0.5, 0.6) is 5.75 Å². The highest BCUT2D eigenvalue weighted by molar-refractivity contribution is 5.77. The van der Waals surface area contributed by atoms with Crippen molar-refractivity contribution in [2.75, 3.05) is 20.2 Å². The maximum absolute atomic E-state index is 11.8. The van der Waals surface area contributed by atoms with Gasteiger partial charge in [-0.3, -0.25) is 4.79 Å². The minimum atomic E-state index is -0.100. The Balaban J connectivity index is 2.45. The molecule has 0 fully saturated rings. The van der Waals surface area contributed by atoms with Crippen LogP contribution in [0.25, 0.3) is 0 Å². The van der Waals surface area contributed by atoms with Crippen LogP contribution < -0.4 is 4.74 Å². The largest absolute Gasteiger partial charge is 0.482 e. The Morgan fingerprint density at radius 1 is 1.53 bits per heavy atom. The molecule has 1 rings (SSSR count). The number of hydrogen-bond acceptors (Lipinski definition) is 3. The topological polar surface area (TPSA) is 53.3 Å². The molecule has 1 aromatic carbocycles. The number of para-hydroxylation sites is 1. The summed E-state index contributed by atoms with van der Waals surface area (Å²) in [5.41, 5.74) is 0.435. The molecule has 0 N–H and O–H groups in total. The number of ether oxygens (including phenoxy) is 1. The second-order valence-corrected chi connectivity index (χ2v) is 4.14. The van der Waals surface area contributed by atoms with E-state index in [4.69, 9.17) is 10.00 Å². The van der Waals surface area contributed by atoms with Gasteiger partial charge in [-0.1, -0.05) is 18.2 Å². The van der Waals surface area contributed by atoms with E-state index in [-0.39, 0.29) is 12.5 Å². The van der Waals surface area contributed by atoms with E-state index < -0.39 is 0 Å². The van der Waals surface area contributed by atoms with Crippen LogP contribution in [-0.2, 0) is 4.79 Å². The molecule has 19 heavy (non-hydrogen) atoms. The Morgan fingerprint density at radius 2 is 2.26 bits per heavy atom. The molecule has 0 aliphatic rings. The first-order chi connectivity index (χ1) is 9.19. The molecule has 0 spiro atoms. The van der Waals surface area contributed by atoms with E-state index in [1.165, 1.54) is 0 Å². The van der Waals surface area contributed by atoms with Crippen molar-refractivity contribution in [2.24, 2.45) is 0 Å². The summed E-state index contributed by atoms with van der Waals surface area (Å²) in [5, 5.41) is 8.90. The van der Waals surface area contributed by atoms with E-state index in [9.17, 15) is 4.79 Å². The Labute approximate surface area is 113 Å². The summed E-state index contributed by atoms with van der Waals surface area (Å²) in [5.74, 6) is 0.342. The molecular formula is C15H18N2O2. The average molecular weight is 258 g/mol. The van der Waals surface area contributed by atoms with Crippen LogP contribution in [0.2, 0.25) is 0 Å². The Hall–Kier alpha value is -2.28. The minimum absolute atomic E-state index is 0.0523. The fourth-order valence-corrected chi connectivity index (χ4v) is 1.53. The first-order valence-corrected chi connectivity index (χ1v) is 6.15. The van der Waals surface area contributed by atoms with Crippen molar-refractivity contribution in [3.05, 3.63) is 42.5 Å². The Kier molecular flexibility index (Phi) is 6.17. The Bertz CT molecular complexity index is 477. The highest BCUT2D eigenvalue weighted by Gasteiger charge is 2.10. The lowest BCUT2D eigenvalue weighted by Crippen LogP contribution is -2.32. The van der Waals surface area contributed by atoms with E-state index in [0.717, 1.165) is 12.8 Å². The van der Waals surface area contributed by atoms with Gasteiger partial charge in [0.15, 0.2) is 6.61 Å². The van der Waals surface area contributed by atoms with Crippen molar-refractivity contribution in [2.45, 2.75) is 12.8 Å². The molecule has 0 aliphatic carbocycles. The molecule has 1 amide bonds. The van der Waals surface area contributed by atoms with Crippen LogP contribution in [-0.4, -0.2) is 31.0 Å². The summed E-state index contributed by atoms with van der Waals surface area (Å²) < 4.78 is 5.38.